The van der Waals surface area contributed by atoms with Gasteiger partial charge >= 0.3 is 12.0 Å². The van der Waals surface area contributed by atoms with Gasteiger partial charge < -0.3 is 4.74 Å². The highest BCUT2D eigenvalue weighted by molar-refractivity contribution is 6.22. The summed E-state index contributed by atoms with van der Waals surface area (Å²) in [5.74, 6) is 0.775. The lowest BCUT2D eigenvalue weighted by molar-refractivity contribution is -0.537. The second-order valence-corrected chi connectivity index (χ2v) is 6.73. The van der Waals surface area contributed by atoms with Crippen LogP contribution in [0.25, 0.3) is 0 Å². The molecule has 1 fully saturated rings. The minimum absolute atomic E-state index is 0.231. The second kappa shape index (κ2) is 7.59. The number of aromatic nitrogens is 2. The molecule has 0 bridgehead atoms. The normalized spacial score (nSPS) is 19.9. The van der Waals surface area contributed by atoms with E-state index in [-0.39, 0.29) is 18.5 Å². The average Bonchev–Trinajstić information content (AvgIpc) is 3.16. The van der Waals surface area contributed by atoms with Gasteiger partial charge in [0.25, 0.3) is 5.91 Å². The van der Waals surface area contributed by atoms with Crippen molar-refractivity contribution in [2.45, 2.75) is 40.2 Å². The molecule has 0 aliphatic carbocycles. The van der Waals surface area contributed by atoms with Crippen LogP contribution in [-0.2, 0) is 9.53 Å². The number of nitrogens with zero attached hydrogens (tertiary/aromatic N) is 6. The molecule has 0 radical (unpaired) electrons. The zero-order valence-corrected chi connectivity index (χ0v) is 16.6. The maximum atomic E-state index is 13.2. The molecule has 0 spiro atoms. The standard InChI is InChI=1S/C18H27N6O3/c1-6-8-22-14-15(19-17(22)24-13(4)11-12(3)20-24)21(5)18(26)23(16(14)25)9-10-27-7-2/h11,14H,6-10H2,1-5H3/q+1. The van der Waals surface area contributed by atoms with Gasteiger partial charge in [-0.25, -0.2) is 9.37 Å². The summed E-state index contributed by atoms with van der Waals surface area (Å²) in [6.07, 6.45) is 0.839. The number of aliphatic imine (C=N–C) groups is 1. The summed E-state index contributed by atoms with van der Waals surface area (Å²) < 4.78 is 9.02. The van der Waals surface area contributed by atoms with E-state index < -0.39 is 6.04 Å². The quantitative estimate of drug-likeness (QED) is 0.545. The molecule has 146 valence electrons. The van der Waals surface area contributed by atoms with Crippen molar-refractivity contribution in [3.63, 3.8) is 0 Å². The summed E-state index contributed by atoms with van der Waals surface area (Å²) in [5.41, 5.74) is 1.81. The molecule has 3 heterocycles. The van der Waals surface area contributed by atoms with Crippen LogP contribution in [0.3, 0.4) is 0 Å². The highest BCUT2D eigenvalue weighted by atomic mass is 16.5. The van der Waals surface area contributed by atoms with E-state index in [2.05, 4.69) is 10.1 Å². The fourth-order valence-corrected chi connectivity index (χ4v) is 3.48. The number of ether oxygens (including phenoxy) is 1. The summed E-state index contributed by atoms with van der Waals surface area (Å²) in [6, 6.07) is 0.971. The largest absolute Gasteiger partial charge is 0.421 e. The molecule has 9 heteroatoms. The Bertz CT molecular complexity index is 825. The molecule has 3 amide bonds. The number of imide groups is 1. The number of aryl methyl sites for hydroxylation is 2. The molecular weight excluding hydrogens is 348 g/mol. The number of fused-ring (bicyclic) bond motifs is 1. The molecule has 0 aromatic carbocycles. The van der Waals surface area contributed by atoms with E-state index in [0.717, 1.165) is 17.8 Å². The van der Waals surface area contributed by atoms with Crippen LogP contribution in [0.1, 0.15) is 31.7 Å². The van der Waals surface area contributed by atoms with Crippen LogP contribution in [0, 0.1) is 13.8 Å². The molecule has 3 rings (SSSR count). The molecule has 2 aliphatic rings. The number of likely N-dealkylation sites (N-methyl/N-ethyl adjacent to an activating group) is 1. The zero-order chi connectivity index (χ0) is 19.7. The first-order valence-electron chi connectivity index (χ1n) is 9.33. The molecule has 1 atom stereocenters. The molecule has 0 saturated carbocycles. The maximum absolute atomic E-state index is 13.2. The first-order chi connectivity index (χ1) is 12.9. The molecule has 0 N–H and O–H groups in total. The van der Waals surface area contributed by atoms with Gasteiger partial charge in [0.05, 0.1) is 25.4 Å². The topological polar surface area (TPSA) is 83.0 Å². The van der Waals surface area contributed by atoms with Gasteiger partial charge in [-0.3, -0.25) is 14.6 Å². The van der Waals surface area contributed by atoms with Crippen LogP contribution in [0.15, 0.2) is 11.1 Å². The van der Waals surface area contributed by atoms with Crippen LogP contribution in [0.2, 0.25) is 0 Å². The number of amides is 3. The van der Waals surface area contributed by atoms with Gasteiger partial charge in [0.1, 0.15) is 5.69 Å². The summed E-state index contributed by atoms with van der Waals surface area (Å²) >= 11 is 0. The lowest BCUT2D eigenvalue weighted by Gasteiger charge is -2.34. The summed E-state index contributed by atoms with van der Waals surface area (Å²) in [4.78, 5) is 33.2. The van der Waals surface area contributed by atoms with Crippen LogP contribution in [0.5, 0.6) is 0 Å². The Hall–Kier alpha value is -2.55. The zero-order valence-electron chi connectivity index (χ0n) is 16.6. The highest BCUT2D eigenvalue weighted by Crippen LogP contribution is 2.21. The number of rotatable bonds is 6. The Labute approximate surface area is 158 Å². The summed E-state index contributed by atoms with van der Waals surface area (Å²) in [6.45, 7) is 9.53. The van der Waals surface area contributed by atoms with E-state index in [9.17, 15) is 9.59 Å². The molecule has 2 aliphatic heterocycles. The number of carbonyl (C=O) groups is 2. The van der Waals surface area contributed by atoms with E-state index in [0.29, 0.717) is 31.6 Å². The number of amidine groups is 1. The minimum atomic E-state index is -0.617. The van der Waals surface area contributed by atoms with Crippen molar-refractivity contribution in [1.82, 2.24) is 19.6 Å². The van der Waals surface area contributed by atoms with Gasteiger partial charge in [-0.15, -0.1) is 9.78 Å². The first kappa shape index (κ1) is 19.2. The van der Waals surface area contributed by atoms with Crippen molar-refractivity contribution >= 4 is 23.7 Å². The number of hydrogen-bond donors (Lipinski definition) is 0. The van der Waals surface area contributed by atoms with Crippen molar-refractivity contribution in [2.24, 2.45) is 4.99 Å². The van der Waals surface area contributed by atoms with Gasteiger partial charge in [-0.2, -0.15) is 0 Å². The van der Waals surface area contributed by atoms with Gasteiger partial charge in [0, 0.05) is 13.7 Å². The van der Waals surface area contributed by atoms with Gasteiger partial charge in [0.15, 0.2) is 0 Å². The predicted octanol–water partition coefficient (Wildman–Crippen LogP) is 0.838. The van der Waals surface area contributed by atoms with Gasteiger partial charge in [-0.05, 0) is 33.3 Å². The number of hydrogen-bond acceptors (Lipinski definition) is 5. The first-order valence-corrected chi connectivity index (χ1v) is 9.33. The molecule has 1 aromatic rings. The Morgan fingerprint density at radius 2 is 2.00 bits per heavy atom. The average molecular weight is 375 g/mol. The van der Waals surface area contributed by atoms with Crippen molar-refractivity contribution in [2.75, 3.05) is 33.4 Å². The molecule has 27 heavy (non-hydrogen) atoms. The van der Waals surface area contributed by atoms with Crippen molar-refractivity contribution in [1.29, 1.82) is 0 Å². The fraction of sp³-hybridized carbons (Fsp3) is 0.611. The molecule has 9 nitrogen and oxygen atoms in total. The Morgan fingerprint density at radius 3 is 2.59 bits per heavy atom. The SMILES string of the molecule is CCC[N+]1=C(n2nc(C)cc2C)N=C2C1C(=O)N(CCOCC)C(=O)N2C. The molecule has 1 unspecified atom stereocenters. The lowest BCUT2D eigenvalue weighted by atomic mass is 10.1. The molecular formula is C18H27N6O3+. The van der Waals surface area contributed by atoms with Crippen LogP contribution in [-0.4, -0.2) is 87.3 Å². The highest BCUT2D eigenvalue weighted by Gasteiger charge is 2.52. The molecule has 1 aromatic heterocycles. The monoisotopic (exact) mass is 375 g/mol. The van der Waals surface area contributed by atoms with E-state index in [1.165, 1.54) is 9.80 Å². The smallest absolute Gasteiger partial charge is 0.380 e. The van der Waals surface area contributed by atoms with Crippen LogP contribution >= 0.6 is 0 Å². The van der Waals surface area contributed by atoms with E-state index in [4.69, 9.17) is 4.74 Å². The Balaban J connectivity index is 2.03. The van der Waals surface area contributed by atoms with Gasteiger partial charge in [0.2, 0.25) is 11.9 Å². The number of carbonyl (C=O) groups excluding carboxylic acids is 2. The van der Waals surface area contributed by atoms with Crippen molar-refractivity contribution in [3.8, 4) is 0 Å². The fourth-order valence-electron chi connectivity index (χ4n) is 3.48. The predicted molar refractivity (Wildman–Crippen MR) is 100 cm³/mol. The Morgan fingerprint density at radius 1 is 1.26 bits per heavy atom. The second-order valence-electron chi connectivity index (χ2n) is 6.73. The summed E-state index contributed by atoms with van der Waals surface area (Å²) in [7, 11) is 1.66. The van der Waals surface area contributed by atoms with Crippen molar-refractivity contribution in [3.05, 3.63) is 17.5 Å². The third kappa shape index (κ3) is 3.27. The van der Waals surface area contributed by atoms with Crippen LogP contribution in [0.4, 0.5) is 4.79 Å². The minimum Gasteiger partial charge on any atom is -0.380 e. The van der Waals surface area contributed by atoms with E-state index >= 15 is 0 Å². The van der Waals surface area contributed by atoms with E-state index in [1.54, 1.807) is 11.7 Å². The van der Waals surface area contributed by atoms with Gasteiger partial charge in [-0.1, -0.05) is 11.9 Å². The van der Waals surface area contributed by atoms with Crippen molar-refractivity contribution < 1.29 is 18.9 Å². The lowest BCUT2D eigenvalue weighted by Crippen LogP contribution is -2.63. The summed E-state index contributed by atoms with van der Waals surface area (Å²) in [5, 5.41) is 4.51. The third-order valence-corrected chi connectivity index (χ3v) is 4.72. The number of urea groups is 1. The maximum Gasteiger partial charge on any atom is 0.421 e. The van der Waals surface area contributed by atoms with E-state index in [1.807, 2.05) is 38.3 Å². The third-order valence-electron chi connectivity index (χ3n) is 4.72. The molecule has 1 saturated heterocycles. The van der Waals surface area contributed by atoms with Crippen LogP contribution < -0.4 is 0 Å². The Kier molecular flexibility index (Phi) is 5.41.